The summed E-state index contributed by atoms with van der Waals surface area (Å²) in [6.07, 6.45) is 0. The van der Waals surface area contributed by atoms with Crippen LogP contribution in [0.5, 0.6) is 5.75 Å². The van der Waals surface area contributed by atoms with Crippen molar-refractivity contribution in [2.75, 3.05) is 23.9 Å². The van der Waals surface area contributed by atoms with E-state index < -0.39 is 29.8 Å². The van der Waals surface area contributed by atoms with Crippen LogP contribution in [0.15, 0.2) is 58.9 Å². The van der Waals surface area contributed by atoms with Crippen LogP contribution in [-0.2, 0) is 14.4 Å². The fraction of sp³-hybridized carbons (Fsp3) is 0.250. The molecule has 2 heterocycles. The summed E-state index contributed by atoms with van der Waals surface area (Å²) < 4.78 is 5.21. The van der Waals surface area contributed by atoms with Crippen molar-refractivity contribution >= 4 is 29.1 Å². The summed E-state index contributed by atoms with van der Waals surface area (Å²) in [6, 6.07) is 12.2. The van der Waals surface area contributed by atoms with Gasteiger partial charge >= 0.3 is 0 Å². The highest BCUT2D eigenvalue weighted by molar-refractivity contribution is 6.25. The van der Waals surface area contributed by atoms with Crippen LogP contribution >= 0.6 is 0 Å². The van der Waals surface area contributed by atoms with Gasteiger partial charge in [-0.2, -0.15) is 5.11 Å². The molecule has 2 aromatic rings. The molecular formula is C20H19N5O4. The van der Waals surface area contributed by atoms with Crippen LogP contribution in [0.4, 0.5) is 11.4 Å². The van der Waals surface area contributed by atoms with Crippen molar-refractivity contribution in [1.82, 2.24) is 5.01 Å². The minimum atomic E-state index is -0.942. The molecule has 9 heteroatoms. The van der Waals surface area contributed by atoms with Gasteiger partial charge in [0.25, 0.3) is 11.8 Å². The Morgan fingerprint density at radius 2 is 1.83 bits per heavy atom. The lowest BCUT2D eigenvalue weighted by molar-refractivity contribution is -0.123. The van der Waals surface area contributed by atoms with Gasteiger partial charge in [-0.05, 0) is 31.2 Å². The van der Waals surface area contributed by atoms with Crippen LogP contribution in [-0.4, -0.2) is 48.5 Å². The molecule has 2 aliphatic rings. The van der Waals surface area contributed by atoms with E-state index >= 15 is 0 Å². The first-order valence-corrected chi connectivity index (χ1v) is 9.04. The normalized spacial score (nSPS) is 20.2. The molecule has 9 nitrogen and oxygen atoms in total. The summed E-state index contributed by atoms with van der Waals surface area (Å²) in [5.74, 6) is -0.776. The largest absolute Gasteiger partial charge is 0.495 e. The summed E-state index contributed by atoms with van der Waals surface area (Å²) in [7, 11) is 1.51. The van der Waals surface area contributed by atoms with Crippen molar-refractivity contribution in [3.05, 3.63) is 54.1 Å². The van der Waals surface area contributed by atoms with E-state index in [-0.39, 0.29) is 6.54 Å². The Bertz CT molecular complexity index is 1000. The monoisotopic (exact) mass is 393 g/mol. The minimum absolute atomic E-state index is 0.219. The number of nitrogens with zero attached hydrogens (tertiary/aromatic N) is 4. The fourth-order valence-corrected chi connectivity index (χ4v) is 3.39. The summed E-state index contributed by atoms with van der Waals surface area (Å²) >= 11 is 0. The topological polar surface area (TPSA) is 104 Å². The van der Waals surface area contributed by atoms with Crippen LogP contribution < -0.4 is 15.0 Å². The van der Waals surface area contributed by atoms with E-state index in [0.29, 0.717) is 17.1 Å². The molecular weight excluding hydrogens is 374 g/mol. The predicted octanol–water partition coefficient (Wildman–Crippen LogP) is 1.94. The number of hydrogen-bond acceptors (Lipinski definition) is 7. The van der Waals surface area contributed by atoms with Crippen LogP contribution in [0.2, 0.25) is 0 Å². The van der Waals surface area contributed by atoms with E-state index in [1.54, 1.807) is 36.4 Å². The smallest absolute Gasteiger partial charge is 0.263 e. The number of methoxy groups -OCH3 is 1. The van der Waals surface area contributed by atoms with Crippen molar-refractivity contribution in [2.45, 2.75) is 19.0 Å². The molecule has 0 aliphatic carbocycles. The van der Waals surface area contributed by atoms with Gasteiger partial charge in [-0.3, -0.25) is 19.4 Å². The van der Waals surface area contributed by atoms with Crippen molar-refractivity contribution in [1.29, 1.82) is 0 Å². The molecule has 1 fully saturated rings. The fourth-order valence-electron chi connectivity index (χ4n) is 3.39. The van der Waals surface area contributed by atoms with Crippen molar-refractivity contribution in [3.63, 3.8) is 0 Å². The Kier molecular flexibility index (Phi) is 4.71. The second-order valence-electron chi connectivity index (χ2n) is 6.79. The molecule has 148 valence electrons. The number of benzene rings is 2. The van der Waals surface area contributed by atoms with Gasteiger partial charge in [-0.1, -0.05) is 35.1 Å². The van der Waals surface area contributed by atoms with Crippen LogP contribution in [0.25, 0.3) is 0 Å². The lowest BCUT2D eigenvalue weighted by Gasteiger charge is -2.20. The third kappa shape index (κ3) is 3.31. The molecule has 0 bridgehead atoms. The van der Waals surface area contributed by atoms with Gasteiger partial charge in [0.05, 0.1) is 18.5 Å². The average molecular weight is 393 g/mol. The number of anilines is 2. The van der Waals surface area contributed by atoms with E-state index in [1.807, 2.05) is 19.1 Å². The molecule has 2 aliphatic heterocycles. The van der Waals surface area contributed by atoms with E-state index in [4.69, 9.17) is 4.74 Å². The third-order valence-electron chi connectivity index (χ3n) is 4.84. The number of para-hydroxylation sites is 2. The molecule has 0 saturated carbocycles. The zero-order chi connectivity index (χ0) is 20.5. The number of rotatable bonds is 5. The predicted molar refractivity (Wildman–Crippen MR) is 104 cm³/mol. The van der Waals surface area contributed by atoms with Gasteiger partial charge in [0.15, 0.2) is 12.1 Å². The number of aryl methyl sites for hydroxylation is 1. The first-order chi connectivity index (χ1) is 14.0. The summed E-state index contributed by atoms with van der Waals surface area (Å²) in [5, 5.41) is 11.8. The molecule has 2 aromatic carbocycles. The lowest BCUT2D eigenvalue weighted by atomic mass is 10.1. The minimum Gasteiger partial charge on any atom is -0.495 e. The molecule has 4 rings (SSSR count). The molecule has 1 N–H and O–H groups in total. The average Bonchev–Trinajstić information content (AvgIpc) is 3.23. The van der Waals surface area contributed by atoms with Crippen LogP contribution in [0.1, 0.15) is 5.56 Å². The zero-order valence-electron chi connectivity index (χ0n) is 15.9. The van der Waals surface area contributed by atoms with Crippen molar-refractivity contribution in [2.24, 2.45) is 10.3 Å². The molecule has 0 spiro atoms. The molecule has 0 aromatic heterocycles. The van der Waals surface area contributed by atoms with Gasteiger partial charge in [-0.25, -0.2) is 4.90 Å². The standard InChI is InChI=1S/C20H19N5O4/c1-12-7-9-13(10-8-12)25-19(27)17-18(20(25)28)24(23-22-17)11-16(26)21-14-5-3-4-6-15(14)29-2/h3-10,17-18H,11H2,1-2H3,(H,21,26)/t17-,18-/m1/s1. The maximum absolute atomic E-state index is 12.9. The highest BCUT2D eigenvalue weighted by atomic mass is 16.5. The van der Waals surface area contributed by atoms with Crippen molar-refractivity contribution in [3.8, 4) is 5.75 Å². The van der Waals surface area contributed by atoms with E-state index in [2.05, 4.69) is 15.7 Å². The molecule has 3 amide bonds. The Labute approximate surface area is 166 Å². The van der Waals surface area contributed by atoms with E-state index in [0.717, 1.165) is 10.5 Å². The van der Waals surface area contributed by atoms with Crippen LogP contribution in [0, 0.1) is 6.92 Å². The van der Waals surface area contributed by atoms with Crippen LogP contribution in [0.3, 0.4) is 0 Å². The SMILES string of the molecule is COc1ccccc1NC(=O)CN1N=N[C@H]2C(=O)N(c3ccc(C)cc3)C(=O)[C@@H]21. The van der Waals surface area contributed by atoms with Crippen molar-refractivity contribution < 1.29 is 19.1 Å². The zero-order valence-corrected chi connectivity index (χ0v) is 15.9. The molecule has 1 saturated heterocycles. The number of carbonyl (C=O) groups is 3. The highest BCUT2D eigenvalue weighted by Gasteiger charge is 2.55. The molecule has 0 radical (unpaired) electrons. The van der Waals surface area contributed by atoms with Gasteiger partial charge < -0.3 is 10.1 Å². The number of hydrogen-bond donors (Lipinski definition) is 1. The molecule has 2 atom stereocenters. The van der Waals surface area contributed by atoms with Gasteiger partial charge in [0, 0.05) is 0 Å². The lowest BCUT2D eigenvalue weighted by Crippen LogP contribution is -2.43. The quantitative estimate of drug-likeness (QED) is 0.782. The number of carbonyl (C=O) groups excluding carboxylic acids is 3. The highest BCUT2D eigenvalue weighted by Crippen LogP contribution is 2.32. The number of fused-ring (bicyclic) bond motifs is 1. The van der Waals surface area contributed by atoms with E-state index in [9.17, 15) is 14.4 Å². The van der Waals surface area contributed by atoms with Gasteiger partial charge in [0.1, 0.15) is 12.3 Å². The van der Waals surface area contributed by atoms with E-state index in [1.165, 1.54) is 12.1 Å². The van der Waals surface area contributed by atoms with Gasteiger partial charge in [-0.15, -0.1) is 0 Å². The second kappa shape index (κ2) is 7.34. The maximum Gasteiger partial charge on any atom is 0.263 e. The third-order valence-corrected chi connectivity index (χ3v) is 4.84. The Hall–Kier alpha value is -3.75. The molecule has 0 unspecified atom stereocenters. The molecule has 29 heavy (non-hydrogen) atoms. The summed E-state index contributed by atoms with van der Waals surface area (Å²) in [5.41, 5.74) is 2.00. The Morgan fingerprint density at radius 3 is 2.55 bits per heavy atom. The maximum atomic E-state index is 12.9. The number of nitrogens with one attached hydrogen (secondary N) is 1. The number of amides is 3. The second-order valence-corrected chi connectivity index (χ2v) is 6.79. The Balaban J connectivity index is 1.49. The summed E-state index contributed by atoms with van der Waals surface area (Å²) in [6.45, 7) is 1.70. The first-order valence-electron chi connectivity index (χ1n) is 9.04. The first kappa shape index (κ1) is 18.6. The summed E-state index contributed by atoms with van der Waals surface area (Å²) in [4.78, 5) is 39.2. The van der Waals surface area contributed by atoms with Gasteiger partial charge in [0.2, 0.25) is 5.91 Å². The Morgan fingerprint density at radius 1 is 1.10 bits per heavy atom. The number of ether oxygens (including phenoxy) is 1. The number of imide groups is 1.